The van der Waals surface area contributed by atoms with Gasteiger partial charge in [-0.05, 0) is 63.3 Å². The first-order valence-corrected chi connectivity index (χ1v) is 8.60. The van der Waals surface area contributed by atoms with Gasteiger partial charge in [-0.1, -0.05) is 18.2 Å². The van der Waals surface area contributed by atoms with Crippen LogP contribution in [0.3, 0.4) is 0 Å². The Morgan fingerprint density at radius 2 is 2.11 bits per heavy atom. The van der Waals surface area contributed by atoms with Gasteiger partial charge in [0.1, 0.15) is 0 Å². The molecule has 0 spiro atoms. The normalized spacial score (nSPS) is 13.0. The van der Waals surface area contributed by atoms with E-state index < -0.39 is 0 Å². The van der Waals surface area contributed by atoms with Crippen molar-refractivity contribution in [2.24, 2.45) is 5.73 Å². The largest absolute Gasteiger partial charge is 0.323 e. The van der Waals surface area contributed by atoms with Gasteiger partial charge >= 0.3 is 0 Å². The first-order chi connectivity index (χ1) is 9.15. The maximum Gasteiger partial charge on any atom is 0.0731 e. The van der Waals surface area contributed by atoms with Crippen LogP contribution >= 0.6 is 38.6 Å². The van der Waals surface area contributed by atoms with Crippen molar-refractivity contribution < 1.29 is 0 Å². The molecule has 1 aromatic carbocycles. The minimum absolute atomic E-state index is 0.0769. The molecule has 2 N–H and O–H groups in total. The highest BCUT2D eigenvalue weighted by Gasteiger charge is 2.14. The van der Waals surface area contributed by atoms with Crippen LogP contribution in [-0.2, 0) is 6.42 Å². The maximum atomic E-state index is 6.35. The summed E-state index contributed by atoms with van der Waals surface area (Å²) in [7, 11) is 0. The molecule has 0 saturated heterocycles. The molecule has 0 amide bonds. The smallest absolute Gasteiger partial charge is 0.0731 e. The Hall–Kier alpha value is -0.680. The number of aryl methyl sites for hydroxylation is 1. The molecule has 0 bridgehead atoms. The van der Waals surface area contributed by atoms with Crippen molar-refractivity contribution in [3.8, 4) is 0 Å². The summed E-state index contributed by atoms with van der Waals surface area (Å²) in [5.74, 6) is 0. The molecule has 0 fully saturated rings. The van der Waals surface area contributed by atoms with Crippen LogP contribution in [0.15, 0.2) is 39.5 Å². The van der Waals surface area contributed by atoms with Crippen LogP contribution in [0.2, 0.25) is 0 Å². The molecule has 3 aromatic rings. The van der Waals surface area contributed by atoms with Gasteiger partial charge in [0.2, 0.25) is 0 Å². The lowest BCUT2D eigenvalue weighted by Gasteiger charge is -2.08. The van der Waals surface area contributed by atoms with E-state index in [1.165, 1.54) is 29.9 Å². The van der Waals surface area contributed by atoms with Gasteiger partial charge in [0.25, 0.3) is 0 Å². The number of hydrogen-bond donors (Lipinski definition) is 1. The number of thiophene rings is 2. The molecule has 0 radical (unpaired) electrons. The molecule has 19 heavy (non-hydrogen) atoms. The zero-order valence-electron chi connectivity index (χ0n) is 10.5. The Balaban J connectivity index is 1.88. The van der Waals surface area contributed by atoms with E-state index in [9.17, 15) is 0 Å². The van der Waals surface area contributed by atoms with Crippen LogP contribution in [0, 0.1) is 6.92 Å². The fraction of sp³-hybridized carbons (Fsp3) is 0.200. The second-order valence-electron chi connectivity index (χ2n) is 4.67. The van der Waals surface area contributed by atoms with Gasteiger partial charge in [-0.3, -0.25) is 0 Å². The van der Waals surface area contributed by atoms with E-state index in [-0.39, 0.29) is 6.04 Å². The summed E-state index contributed by atoms with van der Waals surface area (Å²) in [4.78, 5) is 1.25. The lowest BCUT2D eigenvalue weighted by molar-refractivity contribution is 0.741. The summed E-state index contributed by atoms with van der Waals surface area (Å²) in [6.45, 7) is 2.11. The molecule has 1 atom stereocenters. The number of rotatable bonds is 3. The highest BCUT2D eigenvalue weighted by molar-refractivity contribution is 9.11. The van der Waals surface area contributed by atoms with Crippen molar-refractivity contribution in [1.29, 1.82) is 0 Å². The predicted molar refractivity (Wildman–Crippen MR) is 89.2 cm³/mol. The fourth-order valence-electron chi connectivity index (χ4n) is 2.19. The molecule has 1 nitrogen and oxygen atoms in total. The Labute approximate surface area is 129 Å². The van der Waals surface area contributed by atoms with Crippen molar-refractivity contribution >= 4 is 48.7 Å². The van der Waals surface area contributed by atoms with E-state index in [0.717, 1.165) is 6.42 Å². The molecule has 4 heteroatoms. The average molecular weight is 352 g/mol. The number of benzene rings is 1. The highest BCUT2D eigenvalue weighted by Crippen LogP contribution is 2.34. The Morgan fingerprint density at radius 1 is 1.32 bits per heavy atom. The first-order valence-electron chi connectivity index (χ1n) is 6.11. The summed E-state index contributed by atoms with van der Waals surface area (Å²) < 4.78 is 2.53. The molecule has 1 unspecified atom stereocenters. The molecule has 0 aliphatic rings. The zero-order valence-corrected chi connectivity index (χ0v) is 13.7. The molecular formula is C15H14BrNS2. The summed E-state index contributed by atoms with van der Waals surface area (Å²) in [6.07, 6.45) is 0.899. The Bertz CT molecular complexity index is 694. The van der Waals surface area contributed by atoms with Gasteiger partial charge in [-0.15, -0.1) is 22.7 Å². The van der Waals surface area contributed by atoms with Gasteiger partial charge in [-0.2, -0.15) is 0 Å². The lowest BCUT2D eigenvalue weighted by Crippen LogP contribution is -2.11. The van der Waals surface area contributed by atoms with E-state index in [1.807, 2.05) is 0 Å². The minimum atomic E-state index is 0.0769. The van der Waals surface area contributed by atoms with E-state index >= 15 is 0 Å². The predicted octanol–water partition coefficient (Wildman–Crippen LogP) is 5.28. The minimum Gasteiger partial charge on any atom is -0.323 e. The van der Waals surface area contributed by atoms with E-state index in [1.54, 1.807) is 22.7 Å². The van der Waals surface area contributed by atoms with Gasteiger partial charge in [0.05, 0.1) is 3.79 Å². The van der Waals surface area contributed by atoms with E-state index in [2.05, 4.69) is 58.6 Å². The van der Waals surface area contributed by atoms with Crippen molar-refractivity contribution in [2.75, 3.05) is 0 Å². The van der Waals surface area contributed by atoms with Crippen molar-refractivity contribution in [3.63, 3.8) is 0 Å². The van der Waals surface area contributed by atoms with Crippen LogP contribution in [0.4, 0.5) is 0 Å². The van der Waals surface area contributed by atoms with Gasteiger partial charge in [0, 0.05) is 15.6 Å². The highest BCUT2D eigenvalue weighted by atomic mass is 79.9. The molecule has 0 saturated carbocycles. The summed E-state index contributed by atoms with van der Waals surface area (Å²) in [5.41, 5.74) is 8.98. The second kappa shape index (κ2) is 5.37. The molecule has 2 aromatic heterocycles. The third-order valence-corrected chi connectivity index (χ3v) is 6.52. The van der Waals surface area contributed by atoms with Gasteiger partial charge in [0.15, 0.2) is 0 Å². The van der Waals surface area contributed by atoms with Crippen LogP contribution in [0.25, 0.3) is 10.1 Å². The van der Waals surface area contributed by atoms with Crippen LogP contribution in [0.5, 0.6) is 0 Å². The third kappa shape index (κ3) is 2.63. The number of fused-ring (bicyclic) bond motifs is 1. The SMILES string of the molecule is Cc1cc(C(N)Cc2csc3ccccc23)sc1Br. The Morgan fingerprint density at radius 3 is 2.84 bits per heavy atom. The second-order valence-corrected chi connectivity index (χ2v) is 7.99. The van der Waals surface area contributed by atoms with Crippen LogP contribution in [-0.4, -0.2) is 0 Å². The molecule has 2 heterocycles. The maximum absolute atomic E-state index is 6.35. The third-order valence-electron chi connectivity index (χ3n) is 3.24. The van der Waals surface area contributed by atoms with Crippen molar-refractivity contribution in [1.82, 2.24) is 0 Å². The molecular weight excluding hydrogens is 338 g/mol. The quantitative estimate of drug-likeness (QED) is 0.682. The lowest BCUT2D eigenvalue weighted by atomic mass is 10.0. The number of nitrogens with two attached hydrogens (primary N) is 1. The monoisotopic (exact) mass is 351 g/mol. The summed E-state index contributed by atoms with van der Waals surface area (Å²) in [6, 6.07) is 10.8. The zero-order chi connectivity index (χ0) is 13.4. The van der Waals surface area contributed by atoms with Crippen molar-refractivity contribution in [3.05, 3.63) is 55.5 Å². The summed E-state index contributed by atoms with van der Waals surface area (Å²) >= 11 is 7.11. The van der Waals surface area contributed by atoms with Gasteiger partial charge in [-0.25, -0.2) is 0 Å². The fourth-order valence-corrected chi connectivity index (χ4v) is 4.74. The topological polar surface area (TPSA) is 26.0 Å². The Kier molecular flexibility index (Phi) is 3.76. The van der Waals surface area contributed by atoms with Gasteiger partial charge < -0.3 is 5.73 Å². The van der Waals surface area contributed by atoms with Crippen molar-refractivity contribution in [2.45, 2.75) is 19.4 Å². The molecule has 3 rings (SSSR count). The summed E-state index contributed by atoms with van der Waals surface area (Å²) in [5, 5.41) is 3.58. The standard InChI is InChI=1S/C15H14BrNS2/c1-9-6-14(19-15(9)16)12(17)7-10-8-18-13-5-3-2-4-11(10)13/h2-6,8,12H,7,17H2,1H3. The average Bonchev–Trinajstić information content (AvgIpc) is 2.95. The molecule has 98 valence electrons. The molecule has 0 aliphatic carbocycles. The van der Waals surface area contributed by atoms with Crippen LogP contribution < -0.4 is 5.73 Å². The van der Waals surface area contributed by atoms with E-state index in [0.29, 0.717) is 0 Å². The first kappa shape index (κ1) is 13.3. The van der Waals surface area contributed by atoms with Crippen LogP contribution in [0.1, 0.15) is 22.0 Å². The number of halogens is 1. The van der Waals surface area contributed by atoms with E-state index in [4.69, 9.17) is 5.73 Å². The number of hydrogen-bond acceptors (Lipinski definition) is 3. The molecule has 0 aliphatic heterocycles.